The molecule has 0 N–H and O–H groups in total. The minimum atomic E-state index is -0.506. The molecule has 0 bridgehead atoms. The molecule has 5 heteroatoms. The number of ketones is 1. The third kappa shape index (κ3) is 5.49. The van der Waals surface area contributed by atoms with Crippen LogP contribution < -0.4 is 0 Å². The highest BCUT2D eigenvalue weighted by molar-refractivity contribution is 5.80. The number of Topliss-reactive ketones (excluding diaryl/α,β-unsaturated/α-hetero) is 1. The van der Waals surface area contributed by atoms with Gasteiger partial charge in [0, 0.05) is 18.9 Å². The SMILES string of the molecule is CC(C)C(=O)CC[C@@H]1COCCN1C(=O)OC(C)(C)C. The molecule has 1 saturated heterocycles. The van der Waals surface area contributed by atoms with Crippen molar-refractivity contribution in [2.45, 2.75) is 59.1 Å². The Morgan fingerprint density at radius 3 is 2.55 bits per heavy atom. The van der Waals surface area contributed by atoms with Gasteiger partial charge in [0.2, 0.25) is 0 Å². The molecule has 0 aromatic heterocycles. The number of hydrogen-bond donors (Lipinski definition) is 0. The largest absolute Gasteiger partial charge is 0.444 e. The summed E-state index contributed by atoms with van der Waals surface area (Å²) in [4.78, 5) is 25.6. The van der Waals surface area contributed by atoms with Gasteiger partial charge in [-0.05, 0) is 27.2 Å². The van der Waals surface area contributed by atoms with E-state index in [0.29, 0.717) is 32.6 Å². The minimum Gasteiger partial charge on any atom is -0.444 e. The van der Waals surface area contributed by atoms with Gasteiger partial charge in [-0.25, -0.2) is 4.79 Å². The zero-order valence-electron chi connectivity index (χ0n) is 13.3. The monoisotopic (exact) mass is 285 g/mol. The molecule has 1 fully saturated rings. The Balaban J connectivity index is 2.58. The molecule has 1 aliphatic rings. The minimum absolute atomic E-state index is 0.0366. The summed E-state index contributed by atoms with van der Waals surface area (Å²) in [6.45, 7) is 10.9. The summed E-state index contributed by atoms with van der Waals surface area (Å²) < 4.78 is 10.8. The third-order valence-corrected chi connectivity index (χ3v) is 3.22. The highest BCUT2D eigenvalue weighted by Gasteiger charge is 2.31. The lowest BCUT2D eigenvalue weighted by Gasteiger charge is -2.36. The lowest BCUT2D eigenvalue weighted by molar-refractivity contribution is -0.122. The van der Waals surface area contributed by atoms with Crippen LogP contribution in [0.5, 0.6) is 0 Å². The summed E-state index contributed by atoms with van der Waals surface area (Å²) >= 11 is 0. The first kappa shape index (κ1) is 17.0. The molecule has 0 radical (unpaired) electrons. The van der Waals surface area contributed by atoms with Gasteiger partial charge in [-0.3, -0.25) is 4.79 Å². The van der Waals surface area contributed by atoms with E-state index in [0.717, 1.165) is 0 Å². The second-order valence-electron chi connectivity index (χ2n) is 6.56. The molecule has 0 spiro atoms. The molecule has 20 heavy (non-hydrogen) atoms. The fourth-order valence-electron chi connectivity index (χ4n) is 2.05. The van der Waals surface area contributed by atoms with Crippen LogP contribution >= 0.6 is 0 Å². The van der Waals surface area contributed by atoms with Gasteiger partial charge in [0.05, 0.1) is 19.3 Å². The van der Waals surface area contributed by atoms with Gasteiger partial charge in [-0.15, -0.1) is 0 Å². The molecule has 0 aromatic carbocycles. The number of carbonyl (C=O) groups is 2. The van der Waals surface area contributed by atoms with Crippen molar-refractivity contribution in [3.05, 3.63) is 0 Å². The summed E-state index contributed by atoms with van der Waals surface area (Å²) in [5.41, 5.74) is -0.506. The number of ether oxygens (including phenoxy) is 2. The first-order chi connectivity index (χ1) is 9.20. The van der Waals surface area contributed by atoms with Crippen molar-refractivity contribution in [3.8, 4) is 0 Å². The predicted octanol–water partition coefficient (Wildman–Crippen LogP) is 2.63. The molecule has 1 amide bonds. The highest BCUT2D eigenvalue weighted by atomic mass is 16.6. The van der Waals surface area contributed by atoms with Gasteiger partial charge in [-0.2, -0.15) is 0 Å². The number of amides is 1. The molecule has 0 saturated carbocycles. The Bertz CT molecular complexity index is 346. The molecular weight excluding hydrogens is 258 g/mol. The van der Waals surface area contributed by atoms with Crippen LogP contribution in [-0.4, -0.2) is 48.2 Å². The van der Waals surface area contributed by atoms with E-state index in [1.54, 1.807) is 4.90 Å². The van der Waals surface area contributed by atoms with Crippen molar-refractivity contribution in [2.75, 3.05) is 19.8 Å². The van der Waals surface area contributed by atoms with Crippen molar-refractivity contribution >= 4 is 11.9 Å². The van der Waals surface area contributed by atoms with E-state index in [1.165, 1.54) is 0 Å². The molecule has 1 heterocycles. The Morgan fingerprint density at radius 1 is 1.35 bits per heavy atom. The first-order valence-electron chi connectivity index (χ1n) is 7.31. The van der Waals surface area contributed by atoms with Crippen LogP contribution in [0.2, 0.25) is 0 Å². The van der Waals surface area contributed by atoms with Crippen molar-refractivity contribution < 1.29 is 19.1 Å². The van der Waals surface area contributed by atoms with Gasteiger partial charge >= 0.3 is 6.09 Å². The molecule has 116 valence electrons. The normalized spacial score (nSPS) is 20.1. The van der Waals surface area contributed by atoms with Gasteiger partial charge in [0.1, 0.15) is 11.4 Å². The van der Waals surface area contributed by atoms with Crippen LogP contribution in [0.3, 0.4) is 0 Å². The first-order valence-corrected chi connectivity index (χ1v) is 7.31. The lowest BCUT2D eigenvalue weighted by Crippen LogP contribution is -2.50. The Labute approximate surface area is 121 Å². The van der Waals surface area contributed by atoms with Gasteiger partial charge in [-0.1, -0.05) is 13.8 Å². The van der Waals surface area contributed by atoms with Crippen molar-refractivity contribution in [2.24, 2.45) is 5.92 Å². The Morgan fingerprint density at radius 2 is 2.00 bits per heavy atom. The zero-order valence-corrected chi connectivity index (χ0v) is 13.3. The summed E-state index contributed by atoms with van der Waals surface area (Å²) in [6.07, 6.45) is 0.795. The van der Waals surface area contributed by atoms with E-state index in [9.17, 15) is 9.59 Å². The van der Waals surface area contributed by atoms with Crippen molar-refractivity contribution in [3.63, 3.8) is 0 Å². The van der Waals surface area contributed by atoms with Crippen LogP contribution in [0, 0.1) is 5.92 Å². The molecule has 1 atom stereocenters. The second-order valence-corrected chi connectivity index (χ2v) is 6.56. The number of nitrogens with zero attached hydrogens (tertiary/aromatic N) is 1. The zero-order chi connectivity index (χ0) is 15.3. The summed E-state index contributed by atoms with van der Waals surface area (Å²) in [5, 5.41) is 0. The van der Waals surface area contributed by atoms with E-state index in [-0.39, 0.29) is 23.8 Å². The lowest BCUT2D eigenvalue weighted by atomic mass is 10.0. The maximum absolute atomic E-state index is 12.2. The smallest absolute Gasteiger partial charge is 0.410 e. The van der Waals surface area contributed by atoms with E-state index >= 15 is 0 Å². The number of rotatable bonds is 4. The van der Waals surface area contributed by atoms with E-state index in [4.69, 9.17) is 9.47 Å². The van der Waals surface area contributed by atoms with E-state index in [1.807, 2.05) is 34.6 Å². The summed E-state index contributed by atoms with van der Waals surface area (Å²) in [6, 6.07) is -0.0682. The average Bonchev–Trinajstić information content (AvgIpc) is 2.34. The Kier molecular flexibility index (Phi) is 5.99. The van der Waals surface area contributed by atoms with Crippen LogP contribution in [-0.2, 0) is 14.3 Å². The van der Waals surface area contributed by atoms with Crippen LogP contribution in [0.15, 0.2) is 0 Å². The third-order valence-electron chi connectivity index (χ3n) is 3.22. The van der Waals surface area contributed by atoms with E-state index < -0.39 is 5.60 Å². The van der Waals surface area contributed by atoms with Crippen LogP contribution in [0.4, 0.5) is 4.79 Å². The Hall–Kier alpha value is -1.10. The van der Waals surface area contributed by atoms with Gasteiger partial charge < -0.3 is 14.4 Å². The predicted molar refractivity (Wildman–Crippen MR) is 76.6 cm³/mol. The maximum Gasteiger partial charge on any atom is 0.410 e. The summed E-state index contributed by atoms with van der Waals surface area (Å²) in [7, 11) is 0. The standard InChI is InChI=1S/C15H27NO4/c1-11(2)13(17)7-6-12-10-19-9-8-16(12)14(18)20-15(3,4)5/h11-12H,6-10H2,1-5H3/t12-/m1/s1. The fourth-order valence-corrected chi connectivity index (χ4v) is 2.05. The number of hydrogen-bond acceptors (Lipinski definition) is 4. The molecule has 1 rings (SSSR count). The van der Waals surface area contributed by atoms with Crippen molar-refractivity contribution in [1.29, 1.82) is 0 Å². The number of morpholine rings is 1. The number of carbonyl (C=O) groups excluding carboxylic acids is 2. The van der Waals surface area contributed by atoms with Gasteiger partial charge in [0.25, 0.3) is 0 Å². The fraction of sp³-hybridized carbons (Fsp3) is 0.867. The molecule has 0 aromatic rings. The highest BCUT2D eigenvalue weighted by Crippen LogP contribution is 2.18. The summed E-state index contributed by atoms with van der Waals surface area (Å²) in [5.74, 6) is 0.259. The van der Waals surface area contributed by atoms with E-state index in [2.05, 4.69) is 0 Å². The molecule has 0 aliphatic carbocycles. The topological polar surface area (TPSA) is 55.8 Å². The molecule has 1 aliphatic heterocycles. The average molecular weight is 285 g/mol. The maximum atomic E-state index is 12.2. The second kappa shape index (κ2) is 7.07. The molecule has 5 nitrogen and oxygen atoms in total. The molecular formula is C15H27NO4. The quantitative estimate of drug-likeness (QED) is 0.796. The molecule has 0 unspecified atom stereocenters. The van der Waals surface area contributed by atoms with Crippen LogP contribution in [0.1, 0.15) is 47.5 Å². The van der Waals surface area contributed by atoms with Gasteiger partial charge in [0.15, 0.2) is 0 Å². The van der Waals surface area contributed by atoms with Crippen LogP contribution in [0.25, 0.3) is 0 Å². The van der Waals surface area contributed by atoms with Crippen molar-refractivity contribution in [1.82, 2.24) is 4.90 Å².